The Bertz CT molecular complexity index is 624. The van der Waals surface area contributed by atoms with Gasteiger partial charge in [0.15, 0.2) is 5.69 Å². The van der Waals surface area contributed by atoms with Crippen LogP contribution in [0.25, 0.3) is 11.3 Å². The lowest BCUT2D eigenvalue weighted by atomic mass is 10.1. The van der Waals surface area contributed by atoms with Crippen molar-refractivity contribution in [2.45, 2.75) is 6.18 Å². The molecule has 0 spiro atoms. The maximum Gasteiger partial charge on any atom is 0.433 e. The number of hydrogen-bond acceptors (Lipinski definition) is 3. The number of nitrogens with one attached hydrogen (secondary N) is 1. The van der Waals surface area contributed by atoms with E-state index in [2.05, 4.69) is 15.3 Å². The van der Waals surface area contributed by atoms with E-state index in [1.807, 2.05) is 0 Å². The van der Waals surface area contributed by atoms with Crippen molar-refractivity contribution in [3.8, 4) is 11.3 Å². The minimum absolute atomic E-state index is 0.0843. The molecule has 20 heavy (non-hydrogen) atoms. The summed E-state index contributed by atoms with van der Waals surface area (Å²) in [6, 6.07) is 5.30. The van der Waals surface area contributed by atoms with E-state index in [1.165, 1.54) is 25.2 Å². The average molecular weight is 322 g/mol. The Kier molecular flexibility index (Phi) is 4.06. The van der Waals surface area contributed by atoms with Crippen molar-refractivity contribution in [3.05, 3.63) is 40.0 Å². The number of alkyl halides is 3. The molecular weight excluding hydrogens is 314 g/mol. The summed E-state index contributed by atoms with van der Waals surface area (Å²) in [7, 11) is 1.43. The molecule has 8 heteroatoms. The molecule has 3 nitrogen and oxygen atoms in total. The number of hydrogen-bond donors (Lipinski definition) is 1. The molecule has 1 N–H and O–H groups in total. The van der Waals surface area contributed by atoms with Crippen LogP contribution < -0.4 is 5.32 Å². The predicted molar refractivity (Wildman–Crippen MR) is 72.0 cm³/mol. The van der Waals surface area contributed by atoms with E-state index in [1.54, 1.807) is 0 Å². The van der Waals surface area contributed by atoms with Gasteiger partial charge in [0.05, 0.1) is 5.69 Å². The largest absolute Gasteiger partial charge is 0.433 e. The molecule has 0 amide bonds. The molecule has 0 atom stereocenters. The molecule has 0 radical (unpaired) electrons. The zero-order chi connectivity index (χ0) is 14.9. The van der Waals surface area contributed by atoms with Crippen LogP contribution in [0.5, 0.6) is 0 Å². The molecule has 2 aromatic rings. The monoisotopic (exact) mass is 321 g/mol. The van der Waals surface area contributed by atoms with Crippen LogP contribution in [0, 0.1) is 0 Å². The number of benzene rings is 1. The summed E-state index contributed by atoms with van der Waals surface area (Å²) >= 11 is 11.7. The van der Waals surface area contributed by atoms with Crippen LogP contribution in [-0.2, 0) is 6.18 Å². The highest BCUT2D eigenvalue weighted by Crippen LogP contribution is 2.32. The van der Waals surface area contributed by atoms with Crippen molar-refractivity contribution in [3.63, 3.8) is 0 Å². The Balaban J connectivity index is 2.61. The third kappa shape index (κ3) is 3.32. The molecule has 1 heterocycles. The van der Waals surface area contributed by atoms with E-state index < -0.39 is 11.9 Å². The van der Waals surface area contributed by atoms with E-state index in [9.17, 15) is 13.2 Å². The van der Waals surface area contributed by atoms with Crippen LogP contribution in [0.4, 0.5) is 19.1 Å². The van der Waals surface area contributed by atoms with E-state index in [-0.39, 0.29) is 11.6 Å². The number of anilines is 1. The fourth-order valence-electron chi connectivity index (χ4n) is 1.55. The second-order valence-corrected chi connectivity index (χ2v) is 4.74. The highest BCUT2D eigenvalue weighted by atomic mass is 35.5. The van der Waals surface area contributed by atoms with E-state index in [0.29, 0.717) is 15.6 Å². The topological polar surface area (TPSA) is 37.8 Å². The van der Waals surface area contributed by atoms with E-state index in [0.717, 1.165) is 6.07 Å². The third-order valence-corrected chi connectivity index (χ3v) is 2.83. The Labute approximate surface area is 122 Å². The lowest BCUT2D eigenvalue weighted by molar-refractivity contribution is -0.141. The van der Waals surface area contributed by atoms with Gasteiger partial charge in [-0.05, 0) is 24.3 Å². The SMILES string of the molecule is CNc1nc(-c2cc(Cl)cc(Cl)c2)cc(C(F)(F)F)n1. The maximum absolute atomic E-state index is 12.8. The molecule has 0 aliphatic rings. The first kappa shape index (κ1) is 14.9. The summed E-state index contributed by atoms with van der Waals surface area (Å²) in [6.45, 7) is 0. The van der Waals surface area contributed by atoms with Crippen molar-refractivity contribution in [2.75, 3.05) is 12.4 Å². The molecule has 106 valence electrons. The molecular formula is C12H8Cl2F3N3. The van der Waals surface area contributed by atoms with Crippen LogP contribution in [0.2, 0.25) is 10.0 Å². The summed E-state index contributed by atoms with van der Waals surface area (Å²) in [5, 5.41) is 3.11. The van der Waals surface area contributed by atoms with Crippen molar-refractivity contribution >= 4 is 29.2 Å². The highest BCUT2D eigenvalue weighted by molar-refractivity contribution is 6.35. The minimum Gasteiger partial charge on any atom is -0.357 e. The summed E-state index contributed by atoms with van der Waals surface area (Å²) in [5.74, 6) is -0.133. The van der Waals surface area contributed by atoms with Crippen molar-refractivity contribution in [2.24, 2.45) is 0 Å². The van der Waals surface area contributed by atoms with Crippen LogP contribution in [0.15, 0.2) is 24.3 Å². The molecule has 1 aromatic carbocycles. The standard InChI is InChI=1S/C12H8Cl2F3N3/c1-18-11-19-9(5-10(20-11)12(15,16)17)6-2-7(13)4-8(14)3-6/h2-5H,1H3,(H,18,19,20). The quantitative estimate of drug-likeness (QED) is 0.884. The van der Waals surface area contributed by atoms with Crippen LogP contribution in [0.1, 0.15) is 5.69 Å². The normalized spacial score (nSPS) is 11.5. The molecule has 2 rings (SSSR count). The highest BCUT2D eigenvalue weighted by Gasteiger charge is 2.33. The molecule has 0 fully saturated rings. The van der Waals surface area contributed by atoms with Crippen molar-refractivity contribution in [1.29, 1.82) is 0 Å². The summed E-state index contributed by atoms with van der Waals surface area (Å²) in [5.41, 5.74) is -0.573. The van der Waals surface area contributed by atoms with Gasteiger partial charge in [-0.3, -0.25) is 0 Å². The van der Waals surface area contributed by atoms with Gasteiger partial charge in [-0.2, -0.15) is 13.2 Å². The number of nitrogens with zero attached hydrogens (tertiary/aromatic N) is 2. The Morgan fingerprint density at radius 1 is 1.00 bits per heavy atom. The van der Waals surface area contributed by atoms with Gasteiger partial charge >= 0.3 is 6.18 Å². The minimum atomic E-state index is -4.56. The summed E-state index contributed by atoms with van der Waals surface area (Å²) < 4.78 is 38.4. The molecule has 0 bridgehead atoms. The van der Waals surface area contributed by atoms with Gasteiger partial charge in [0.25, 0.3) is 0 Å². The third-order valence-electron chi connectivity index (χ3n) is 2.40. The average Bonchev–Trinajstić information content (AvgIpc) is 2.36. The number of halogens is 5. The fraction of sp³-hybridized carbons (Fsp3) is 0.167. The van der Waals surface area contributed by atoms with Gasteiger partial charge in [-0.1, -0.05) is 23.2 Å². The summed E-state index contributed by atoms with van der Waals surface area (Å²) in [4.78, 5) is 7.36. The first-order valence-electron chi connectivity index (χ1n) is 5.40. The molecule has 0 aliphatic carbocycles. The first-order valence-corrected chi connectivity index (χ1v) is 6.15. The van der Waals surface area contributed by atoms with Gasteiger partial charge in [0, 0.05) is 22.7 Å². The van der Waals surface area contributed by atoms with Crippen molar-refractivity contribution in [1.82, 2.24) is 9.97 Å². The van der Waals surface area contributed by atoms with Crippen LogP contribution >= 0.6 is 23.2 Å². The molecule has 0 saturated heterocycles. The van der Waals surface area contributed by atoms with Crippen molar-refractivity contribution < 1.29 is 13.2 Å². The number of aromatic nitrogens is 2. The number of rotatable bonds is 2. The van der Waals surface area contributed by atoms with Gasteiger partial charge in [-0.25, -0.2) is 9.97 Å². The Hall–Kier alpha value is -1.53. The predicted octanol–water partition coefficient (Wildman–Crippen LogP) is 4.51. The molecule has 0 saturated carbocycles. The Morgan fingerprint density at radius 2 is 1.60 bits per heavy atom. The first-order chi connectivity index (χ1) is 9.29. The van der Waals surface area contributed by atoms with Crippen LogP contribution in [-0.4, -0.2) is 17.0 Å². The second kappa shape index (κ2) is 5.46. The molecule has 0 aliphatic heterocycles. The summed E-state index contributed by atoms with van der Waals surface area (Å²) in [6.07, 6.45) is -4.56. The van der Waals surface area contributed by atoms with Gasteiger partial charge < -0.3 is 5.32 Å². The molecule has 1 aromatic heterocycles. The van der Waals surface area contributed by atoms with E-state index >= 15 is 0 Å². The van der Waals surface area contributed by atoms with Crippen LogP contribution in [0.3, 0.4) is 0 Å². The maximum atomic E-state index is 12.8. The van der Waals surface area contributed by atoms with Gasteiger partial charge in [-0.15, -0.1) is 0 Å². The van der Waals surface area contributed by atoms with Gasteiger partial charge in [0.1, 0.15) is 0 Å². The molecule has 0 unspecified atom stereocenters. The second-order valence-electron chi connectivity index (χ2n) is 3.87. The fourth-order valence-corrected chi connectivity index (χ4v) is 2.08. The van der Waals surface area contributed by atoms with Gasteiger partial charge in [0.2, 0.25) is 5.95 Å². The van der Waals surface area contributed by atoms with E-state index in [4.69, 9.17) is 23.2 Å². The lowest BCUT2D eigenvalue weighted by Gasteiger charge is -2.10. The zero-order valence-electron chi connectivity index (χ0n) is 10.1. The zero-order valence-corrected chi connectivity index (χ0v) is 11.6. The Morgan fingerprint density at radius 3 is 2.10 bits per heavy atom. The smallest absolute Gasteiger partial charge is 0.357 e. The lowest BCUT2D eigenvalue weighted by Crippen LogP contribution is -2.11.